The summed E-state index contributed by atoms with van der Waals surface area (Å²) in [6, 6.07) is 15.0. The number of benzene rings is 2. The molecule has 0 aliphatic heterocycles. The van der Waals surface area contributed by atoms with E-state index in [4.69, 9.17) is 4.74 Å². The van der Waals surface area contributed by atoms with Crippen LogP contribution in [0.3, 0.4) is 0 Å². The number of nitrogens with zero attached hydrogens (tertiary/aromatic N) is 3. The maximum atomic E-state index is 12.9. The van der Waals surface area contributed by atoms with Gasteiger partial charge in [0, 0.05) is 12.7 Å². The van der Waals surface area contributed by atoms with Gasteiger partial charge in [0.1, 0.15) is 11.1 Å². The summed E-state index contributed by atoms with van der Waals surface area (Å²) in [4.78, 5) is 36.6. The first kappa shape index (κ1) is 19.4. The van der Waals surface area contributed by atoms with Crippen LogP contribution in [0.1, 0.15) is 11.1 Å². The van der Waals surface area contributed by atoms with E-state index in [1.54, 1.807) is 25.3 Å². The summed E-state index contributed by atoms with van der Waals surface area (Å²) in [5.74, 6) is 1.14. The van der Waals surface area contributed by atoms with Crippen molar-refractivity contribution in [2.24, 2.45) is 0 Å². The SMILES string of the molecule is COc1cccc(CCNc2ncc3c(=O)n(-c4cccc(C)c4)c(=O)[nH]c3n2)c1. The van der Waals surface area contributed by atoms with Crippen LogP contribution in [0.4, 0.5) is 5.95 Å². The monoisotopic (exact) mass is 403 g/mol. The molecule has 8 nitrogen and oxygen atoms in total. The van der Waals surface area contributed by atoms with E-state index in [0.29, 0.717) is 18.2 Å². The molecule has 0 amide bonds. The Morgan fingerprint density at radius 2 is 1.97 bits per heavy atom. The van der Waals surface area contributed by atoms with Gasteiger partial charge in [0.05, 0.1) is 12.8 Å². The van der Waals surface area contributed by atoms with Crippen LogP contribution >= 0.6 is 0 Å². The minimum Gasteiger partial charge on any atom is -0.497 e. The minimum atomic E-state index is -0.542. The van der Waals surface area contributed by atoms with E-state index in [-0.39, 0.29) is 11.0 Å². The Hall–Kier alpha value is -3.94. The van der Waals surface area contributed by atoms with E-state index >= 15 is 0 Å². The number of anilines is 1. The standard InChI is InChI=1S/C22H21N5O3/c1-14-5-3-7-16(11-14)27-20(28)18-13-24-21(25-19(18)26-22(27)29)23-10-9-15-6-4-8-17(12-15)30-2/h3-8,11-13H,9-10H2,1-2H3,(H2,23,24,25,26,29). The van der Waals surface area contributed by atoms with Crippen LogP contribution < -0.4 is 21.3 Å². The number of hydrogen-bond donors (Lipinski definition) is 2. The summed E-state index contributed by atoms with van der Waals surface area (Å²) >= 11 is 0. The number of nitrogens with one attached hydrogen (secondary N) is 2. The minimum absolute atomic E-state index is 0.202. The predicted molar refractivity (Wildman–Crippen MR) is 116 cm³/mol. The van der Waals surface area contributed by atoms with Crippen LogP contribution in [-0.2, 0) is 6.42 Å². The second-order valence-corrected chi connectivity index (χ2v) is 6.89. The molecule has 0 radical (unpaired) electrons. The van der Waals surface area contributed by atoms with Gasteiger partial charge in [-0.2, -0.15) is 4.98 Å². The highest BCUT2D eigenvalue weighted by Gasteiger charge is 2.12. The molecule has 0 bridgehead atoms. The lowest BCUT2D eigenvalue weighted by molar-refractivity contribution is 0.414. The highest BCUT2D eigenvalue weighted by Crippen LogP contribution is 2.13. The third kappa shape index (κ3) is 3.93. The number of fused-ring (bicyclic) bond motifs is 1. The Balaban J connectivity index is 1.58. The van der Waals surface area contributed by atoms with E-state index in [2.05, 4.69) is 20.3 Å². The molecule has 0 saturated carbocycles. The molecular weight excluding hydrogens is 382 g/mol. The number of ether oxygens (including phenoxy) is 1. The van der Waals surface area contributed by atoms with Gasteiger partial charge in [-0.1, -0.05) is 24.3 Å². The lowest BCUT2D eigenvalue weighted by Crippen LogP contribution is -2.34. The molecule has 0 spiro atoms. The van der Waals surface area contributed by atoms with Gasteiger partial charge >= 0.3 is 5.69 Å². The second kappa shape index (κ2) is 8.20. The average molecular weight is 403 g/mol. The molecule has 4 aromatic rings. The molecule has 0 atom stereocenters. The van der Waals surface area contributed by atoms with Crippen LogP contribution in [0.5, 0.6) is 5.75 Å². The molecule has 2 aromatic heterocycles. The van der Waals surface area contributed by atoms with Crippen LogP contribution in [0, 0.1) is 6.92 Å². The molecule has 0 aliphatic rings. The predicted octanol–water partition coefficient (Wildman–Crippen LogP) is 2.44. The van der Waals surface area contributed by atoms with Crippen molar-refractivity contribution < 1.29 is 4.74 Å². The Morgan fingerprint density at radius 1 is 1.13 bits per heavy atom. The first-order valence-corrected chi connectivity index (χ1v) is 9.51. The average Bonchev–Trinajstić information content (AvgIpc) is 2.74. The maximum absolute atomic E-state index is 12.9. The van der Waals surface area contributed by atoms with Crippen molar-refractivity contribution in [3.05, 3.63) is 86.7 Å². The van der Waals surface area contributed by atoms with E-state index in [1.807, 2.05) is 37.3 Å². The molecule has 2 N–H and O–H groups in total. The number of H-pyrrole nitrogens is 1. The van der Waals surface area contributed by atoms with Gasteiger partial charge in [-0.15, -0.1) is 0 Å². The van der Waals surface area contributed by atoms with Gasteiger partial charge in [0.25, 0.3) is 5.56 Å². The Morgan fingerprint density at radius 3 is 2.77 bits per heavy atom. The van der Waals surface area contributed by atoms with Gasteiger partial charge in [0.15, 0.2) is 5.65 Å². The van der Waals surface area contributed by atoms with Crippen LogP contribution in [0.25, 0.3) is 16.7 Å². The fourth-order valence-corrected chi connectivity index (χ4v) is 3.24. The first-order chi connectivity index (χ1) is 14.5. The summed E-state index contributed by atoms with van der Waals surface area (Å²) in [6.45, 7) is 2.49. The molecule has 0 fully saturated rings. The number of aromatic nitrogens is 4. The highest BCUT2D eigenvalue weighted by molar-refractivity contribution is 5.73. The normalized spacial score (nSPS) is 10.9. The molecular formula is C22H21N5O3. The fourth-order valence-electron chi connectivity index (χ4n) is 3.24. The third-order valence-corrected chi connectivity index (χ3v) is 4.74. The Labute approximate surface area is 172 Å². The molecule has 4 rings (SSSR count). The highest BCUT2D eigenvalue weighted by atomic mass is 16.5. The summed E-state index contributed by atoms with van der Waals surface area (Å²) < 4.78 is 6.32. The number of methoxy groups -OCH3 is 1. The number of aryl methyl sites for hydroxylation is 1. The van der Waals surface area contributed by atoms with Crippen LogP contribution in [0.2, 0.25) is 0 Å². The summed E-state index contributed by atoms with van der Waals surface area (Å²) in [5.41, 5.74) is 1.76. The van der Waals surface area contributed by atoms with E-state index < -0.39 is 11.2 Å². The van der Waals surface area contributed by atoms with Crippen molar-refractivity contribution in [3.8, 4) is 11.4 Å². The zero-order valence-electron chi connectivity index (χ0n) is 16.7. The van der Waals surface area contributed by atoms with Crippen molar-refractivity contribution in [2.75, 3.05) is 19.0 Å². The van der Waals surface area contributed by atoms with Crippen molar-refractivity contribution in [1.29, 1.82) is 0 Å². The van der Waals surface area contributed by atoms with Gasteiger partial charge in [0.2, 0.25) is 5.95 Å². The van der Waals surface area contributed by atoms with Gasteiger partial charge in [-0.25, -0.2) is 14.3 Å². The number of hydrogen-bond acceptors (Lipinski definition) is 6. The molecule has 30 heavy (non-hydrogen) atoms. The summed E-state index contributed by atoms with van der Waals surface area (Å²) in [7, 11) is 1.63. The quantitative estimate of drug-likeness (QED) is 0.513. The lowest BCUT2D eigenvalue weighted by Gasteiger charge is -2.09. The smallest absolute Gasteiger partial charge is 0.334 e. The van der Waals surface area contributed by atoms with Gasteiger partial charge in [-0.05, 0) is 48.7 Å². The zero-order chi connectivity index (χ0) is 21.1. The van der Waals surface area contributed by atoms with E-state index in [0.717, 1.165) is 27.9 Å². The molecule has 0 aliphatic carbocycles. The molecule has 0 saturated heterocycles. The molecule has 0 unspecified atom stereocenters. The number of aromatic amines is 1. The van der Waals surface area contributed by atoms with Crippen molar-refractivity contribution in [1.82, 2.24) is 19.5 Å². The molecule has 152 valence electrons. The van der Waals surface area contributed by atoms with Crippen molar-refractivity contribution in [2.45, 2.75) is 13.3 Å². The van der Waals surface area contributed by atoms with Crippen molar-refractivity contribution >= 4 is 17.0 Å². The van der Waals surface area contributed by atoms with Gasteiger partial charge in [-0.3, -0.25) is 9.78 Å². The van der Waals surface area contributed by atoms with E-state index in [1.165, 1.54) is 6.20 Å². The molecule has 2 aromatic carbocycles. The molecule has 2 heterocycles. The van der Waals surface area contributed by atoms with E-state index in [9.17, 15) is 9.59 Å². The van der Waals surface area contributed by atoms with Crippen LogP contribution in [-0.4, -0.2) is 33.2 Å². The number of rotatable bonds is 6. The summed E-state index contributed by atoms with van der Waals surface area (Å²) in [5, 5.41) is 3.37. The van der Waals surface area contributed by atoms with Crippen LogP contribution in [0.15, 0.2) is 64.3 Å². The van der Waals surface area contributed by atoms with Gasteiger partial charge < -0.3 is 10.1 Å². The zero-order valence-corrected chi connectivity index (χ0v) is 16.7. The molecule has 8 heteroatoms. The largest absolute Gasteiger partial charge is 0.497 e. The third-order valence-electron chi connectivity index (χ3n) is 4.74. The lowest BCUT2D eigenvalue weighted by atomic mass is 10.1. The topological polar surface area (TPSA) is 102 Å². The second-order valence-electron chi connectivity index (χ2n) is 6.89. The van der Waals surface area contributed by atoms with Crippen molar-refractivity contribution in [3.63, 3.8) is 0 Å². The summed E-state index contributed by atoms with van der Waals surface area (Å²) in [6.07, 6.45) is 2.17. The Kier molecular flexibility index (Phi) is 5.30. The first-order valence-electron chi connectivity index (χ1n) is 9.51. The fraction of sp³-hybridized carbons (Fsp3) is 0.182. The maximum Gasteiger partial charge on any atom is 0.334 e. The Bertz CT molecular complexity index is 1330.